The van der Waals surface area contributed by atoms with Gasteiger partial charge < -0.3 is 25.4 Å². The van der Waals surface area contributed by atoms with Crippen LogP contribution in [0, 0.1) is 17.1 Å². The lowest BCUT2D eigenvalue weighted by atomic mass is 10.1. The molecule has 0 spiro atoms. The summed E-state index contributed by atoms with van der Waals surface area (Å²) in [6, 6.07) is 6.28. The number of halogens is 1. The van der Waals surface area contributed by atoms with Crippen molar-refractivity contribution < 1.29 is 13.9 Å². The van der Waals surface area contributed by atoms with Crippen LogP contribution in [0.4, 0.5) is 21.7 Å². The molecular formula is C24H33FN6O2. The Labute approximate surface area is 195 Å². The standard InChI is InChI=1S/C24H33FN6O2/c1-9-18-11-19(12-21(29-18)32-8)30-22-17(13-26)10-20(25)23(31-22)28-15(3)14(2)27-16(4)33-24(5,6)7/h10-12,14-15,27H,4,9H2,1-3,5-8H3,(H2,28,29,30,31)/t14-,15?/m0/s1. The lowest BCUT2D eigenvalue weighted by Crippen LogP contribution is -2.41. The van der Waals surface area contributed by atoms with Crippen LogP contribution >= 0.6 is 0 Å². The minimum atomic E-state index is -0.623. The van der Waals surface area contributed by atoms with Crippen molar-refractivity contribution in [3.8, 4) is 11.9 Å². The Morgan fingerprint density at radius 2 is 1.88 bits per heavy atom. The van der Waals surface area contributed by atoms with Gasteiger partial charge in [-0.3, -0.25) is 0 Å². The zero-order valence-electron chi connectivity index (χ0n) is 20.3. The van der Waals surface area contributed by atoms with E-state index in [9.17, 15) is 9.65 Å². The number of hydrogen-bond acceptors (Lipinski definition) is 8. The molecule has 0 bridgehead atoms. The van der Waals surface area contributed by atoms with Crippen LogP contribution < -0.4 is 20.7 Å². The van der Waals surface area contributed by atoms with Crippen molar-refractivity contribution in [3.63, 3.8) is 0 Å². The summed E-state index contributed by atoms with van der Waals surface area (Å²) in [4.78, 5) is 8.69. The minimum Gasteiger partial charge on any atom is -0.481 e. The number of nitrogens with zero attached hydrogens (tertiary/aromatic N) is 3. The SMILES string of the molecule is C=C(N[C@@H](C)C(C)Nc1nc(Nc2cc(CC)nc(OC)c2)c(C#N)cc1F)OC(C)(C)C. The summed E-state index contributed by atoms with van der Waals surface area (Å²) in [6.45, 7) is 15.5. The lowest BCUT2D eigenvalue weighted by molar-refractivity contribution is 0.0385. The van der Waals surface area contributed by atoms with E-state index in [1.54, 1.807) is 6.07 Å². The summed E-state index contributed by atoms with van der Waals surface area (Å²) in [6.07, 6.45) is 0.702. The summed E-state index contributed by atoms with van der Waals surface area (Å²) in [5.74, 6) is 0.490. The van der Waals surface area contributed by atoms with Crippen LogP contribution in [0.3, 0.4) is 0 Å². The van der Waals surface area contributed by atoms with Crippen LogP contribution in [-0.2, 0) is 11.2 Å². The third kappa shape index (κ3) is 7.52. The highest BCUT2D eigenvalue weighted by Gasteiger charge is 2.20. The number of aryl methyl sites for hydroxylation is 1. The summed E-state index contributed by atoms with van der Waals surface area (Å²) in [7, 11) is 1.53. The van der Waals surface area contributed by atoms with Gasteiger partial charge in [0.25, 0.3) is 0 Å². The second-order valence-electron chi connectivity index (χ2n) is 8.70. The number of rotatable bonds is 10. The van der Waals surface area contributed by atoms with E-state index in [1.807, 2.05) is 53.7 Å². The predicted molar refractivity (Wildman–Crippen MR) is 128 cm³/mol. The maximum Gasteiger partial charge on any atom is 0.215 e. The molecule has 2 aromatic heterocycles. The number of nitrogens with one attached hydrogen (secondary N) is 3. The molecule has 178 valence electrons. The van der Waals surface area contributed by atoms with Gasteiger partial charge in [-0.05, 0) is 59.8 Å². The minimum absolute atomic E-state index is 0.0248. The first kappa shape index (κ1) is 25.7. The van der Waals surface area contributed by atoms with Crippen molar-refractivity contribution in [1.29, 1.82) is 5.26 Å². The van der Waals surface area contributed by atoms with Crippen molar-refractivity contribution in [2.75, 3.05) is 17.7 Å². The molecule has 0 saturated carbocycles. The Balaban J connectivity index is 2.24. The van der Waals surface area contributed by atoms with E-state index in [0.717, 1.165) is 11.8 Å². The second kappa shape index (κ2) is 10.9. The van der Waals surface area contributed by atoms with Gasteiger partial charge in [0.05, 0.1) is 12.7 Å². The van der Waals surface area contributed by atoms with Gasteiger partial charge in [0, 0.05) is 29.5 Å². The number of methoxy groups -OCH3 is 1. The van der Waals surface area contributed by atoms with Gasteiger partial charge in [-0.2, -0.15) is 5.26 Å². The molecule has 0 aliphatic carbocycles. The molecule has 0 aromatic carbocycles. The number of hydrogen-bond donors (Lipinski definition) is 3. The highest BCUT2D eigenvalue weighted by atomic mass is 19.1. The molecule has 0 aliphatic rings. The molecule has 33 heavy (non-hydrogen) atoms. The number of aromatic nitrogens is 2. The van der Waals surface area contributed by atoms with E-state index in [-0.39, 0.29) is 34.9 Å². The molecule has 3 N–H and O–H groups in total. The Kier molecular flexibility index (Phi) is 8.46. The number of ether oxygens (including phenoxy) is 2. The largest absolute Gasteiger partial charge is 0.481 e. The molecule has 2 heterocycles. The number of anilines is 3. The van der Waals surface area contributed by atoms with Crippen LogP contribution in [0.25, 0.3) is 0 Å². The molecule has 2 aromatic rings. The number of nitriles is 1. The molecule has 0 aliphatic heterocycles. The van der Waals surface area contributed by atoms with Crippen LogP contribution in [0.15, 0.2) is 30.7 Å². The first-order valence-corrected chi connectivity index (χ1v) is 10.8. The molecular weight excluding hydrogens is 423 g/mol. The first-order chi connectivity index (χ1) is 15.4. The fourth-order valence-electron chi connectivity index (χ4n) is 2.94. The highest BCUT2D eigenvalue weighted by molar-refractivity contribution is 5.66. The third-order valence-electron chi connectivity index (χ3n) is 4.72. The topological polar surface area (TPSA) is 104 Å². The second-order valence-corrected chi connectivity index (χ2v) is 8.70. The zero-order valence-corrected chi connectivity index (χ0v) is 20.3. The van der Waals surface area contributed by atoms with E-state index < -0.39 is 5.82 Å². The van der Waals surface area contributed by atoms with E-state index >= 15 is 0 Å². The molecule has 0 saturated heterocycles. The molecule has 1 unspecified atom stereocenters. The lowest BCUT2D eigenvalue weighted by Gasteiger charge is -2.28. The Hall–Kier alpha value is -3.54. The fourth-order valence-corrected chi connectivity index (χ4v) is 2.94. The van der Waals surface area contributed by atoms with E-state index in [1.165, 1.54) is 7.11 Å². The molecule has 8 nitrogen and oxygen atoms in total. The van der Waals surface area contributed by atoms with Gasteiger partial charge in [-0.25, -0.2) is 14.4 Å². The van der Waals surface area contributed by atoms with Gasteiger partial charge in [0.2, 0.25) is 5.88 Å². The van der Waals surface area contributed by atoms with Crippen molar-refractivity contribution in [2.45, 2.75) is 65.6 Å². The Bertz CT molecular complexity index is 1010. The van der Waals surface area contributed by atoms with Gasteiger partial charge in [-0.1, -0.05) is 6.92 Å². The average molecular weight is 457 g/mol. The van der Waals surface area contributed by atoms with E-state index in [2.05, 4.69) is 32.5 Å². The van der Waals surface area contributed by atoms with E-state index in [0.29, 0.717) is 23.9 Å². The fraction of sp³-hybridized carbons (Fsp3) is 0.458. The molecule has 2 atom stereocenters. The van der Waals surface area contributed by atoms with Crippen LogP contribution in [0.2, 0.25) is 0 Å². The third-order valence-corrected chi connectivity index (χ3v) is 4.72. The van der Waals surface area contributed by atoms with Crippen molar-refractivity contribution in [2.24, 2.45) is 0 Å². The predicted octanol–water partition coefficient (Wildman–Crippen LogP) is 4.87. The van der Waals surface area contributed by atoms with Crippen LogP contribution in [-0.4, -0.2) is 34.8 Å². The molecule has 0 radical (unpaired) electrons. The maximum atomic E-state index is 14.7. The highest BCUT2D eigenvalue weighted by Crippen LogP contribution is 2.26. The summed E-state index contributed by atoms with van der Waals surface area (Å²) >= 11 is 0. The normalized spacial score (nSPS) is 12.8. The van der Waals surface area contributed by atoms with Crippen LogP contribution in [0.1, 0.15) is 52.8 Å². The van der Waals surface area contributed by atoms with Crippen LogP contribution in [0.5, 0.6) is 5.88 Å². The van der Waals surface area contributed by atoms with E-state index in [4.69, 9.17) is 9.47 Å². The smallest absolute Gasteiger partial charge is 0.215 e. The monoisotopic (exact) mass is 456 g/mol. The molecule has 2 rings (SSSR count). The maximum absolute atomic E-state index is 14.7. The summed E-state index contributed by atoms with van der Waals surface area (Å²) in [5.41, 5.74) is 1.15. The molecule has 9 heteroatoms. The van der Waals surface area contributed by atoms with Gasteiger partial charge in [0.1, 0.15) is 11.7 Å². The van der Waals surface area contributed by atoms with Crippen molar-refractivity contribution in [3.05, 3.63) is 47.7 Å². The van der Waals surface area contributed by atoms with Crippen molar-refractivity contribution >= 4 is 17.3 Å². The van der Waals surface area contributed by atoms with Gasteiger partial charge >= 0.3 is 0 Å². The molecule has 0 fully saturated rings. The van der Waals surface area contributed by atoms with Gasteiger partial charge in [-0.15, -0.1) is 0 Å². The summed E-state index contributed by atoms with van der Waals surface area (Å²) in [5, 5.41) is 18.8. The quantitative estimate of drug-likeness (QED) is 0.435. The first-order valence-electron chi connectivity index (χ1n) is 10.8. The zero-order chi connectivity index (χ0) is 24.8. The Morgan fingerprint density at radius 1 is 1.18 bits per heavy atom. The average Bonchev–Trinajstić information content (AvgIpc) is 2.73. The van der Waals surface area contributed by atoms with Crippen molar-refractivity contribution in [1.82, 2.24) is 15.3 Å². The van der Waals surface area contributed by atoms with Gasteiger partial charge in [0.15, 0.2) is 23.3 Å². The number of pyridine rings is 2. The Morgan fingerprint density at radius 3 is 2.45 bits per heavy atom. The molecule has 0 amide bonds. The summed E-state index contributed by atoms with van der Waals surface area (Å²) < 4.78 is 25.6.